The largest absolute Gasteiger partial charge is 0.493 e. The summed E-state index contributed by atoms with van der Waals surface area (Å²) >= 11 is 0. The Labute approximate surface area is 141 Å². The van der Waals surface area contributed by atoms with Crippen LogP contribution in [0.3, 0.4) is 0 Å². The van der Waals surface area contributed by atoms with Crippen molar-refractivity contribution in [3.05, 3.63) is 59.9 Å². The van der Waals surface area contributed by atoms with Crippen molar-refractivity contribution in [1.82, 2.24) is 4.98 Å². The number of para-hydroxylation sites is 1. The van der Waals surface area contributed by atoms with Crippen molar-refractivity contribution >= 4 is 27.8 Å². The van der Waals surface area contributed by atoms with Gasteiger partial charge in [-0.15, -0.1) is 0 Å². The van der Waals surface area contributed by atoms with Gasteiger partial charge in [0.15, 0.2) is 17.1 Å². The van der Waals surface area contributed by atoms with Crippen molar-refractivity contribution in [1.29, 1.82) is 0 Å². The van der Waals surface area contributed by atoms with E-state index < -0.39 is 11.8 Å². The Morgan fingerprint density at radius 1 is 1.20 bits per heavy atom. The van der Waals surface area contributed by atoms with Gasteiger partial charge in [0.1, 0.15) is 11.5 Å². The van der Waals surface area contributed by atoms with Gasteiger partial charge in [-0.05, 0) is 36.4 Å². The van der Waals surface area contributed by atoms with E-state index in [4.69, 9.17) is 9.15 Å². The Kier molecular flexibility index (Phi) is 3.39. The van der Waals surface area contributed by atoms with E-state index in [2.05, 4.69) is 4.98 Å². The minimum Gasteiger partial charge on any atom is -0.493 e. The number of carboxylic acid groups (broad SMARTS) is 1. The zero-order chi connectivity index (χ0) is 17.6. The molecular formula is C19H12FNO4. The predicted octanol–water partition coefficient (Wildman–Crippen LogP) is 4.49. The number of furan rings is 1. The molecule has 0 atom stereocenters. The van der Waals surface area contributed by atoms with Crippen molar-refractivity contribution in [2.75, 3.05) is 7.11 Å². The Hall–Kier alpha value is -3.41. The fourth-order valence-corrected chi connectivity index (χ4v) is 2.82. The van der Waals surface area contributed by atoms with Gasteiger partial charge < -0.3 is 14.3 Å². The van der Waals surface area contributed by atoms with Crippen LogP contribution in [0.5, 0.6) is 5.75 Å². The molecule has 4 aromatic rings. The maximum atomic E-state index is 13.5. The van der Waals surface area contributed by atoms with Crippen LogP contribution in [-0.2, 0) is 0 Å². The third kappa shape index (κ3) is 2.48. The third-order valence-corrected chi connectivity index (χ3v) is 3.98. The Balaban J connectivity index is 1.98. The Morgan fingerprint density at radius 3 is 2.80 bits per heavy atom. The molecule has 0 bridgehead atoms. The normalized spacial score (nSPS) is 11.1. The molecule has 2 heterocycles. The summed E-state index contributed by atoms with van der Waals surface area (Å²) in [5.41, 5.74) is 1.25. The zero-order valence-corrected chi connectivity index (χ0v) is 13.1. The van der Waals surface area contributed by atoms with Gasteiger partial charge in [0, 0.05) is 10.8 Å². The van der Waals surface area contributed by atoms with E-state index in [-0.39, 0.29) is 10.9 Å². The van der Waals surface area contributed by atoms with Crippen LogP contribution < -0.4 is 4.74 Å². The lowest BCUT2D eigenvalue weighted by Gasteiger charge is -2.05. The standard InChI is InChI=1S/C19H12FNO4/c1-24-16-4-2-3-10-7-17(25-18(10)16)15-9-13(19(22)23)12-8-11(20)5-6-14(12)21-15/h2-9H,1H3,(H,22,23). The first-order valence-corrected chi connectivity index (χ1v) is 7.47. The Bertz CT molecular complexity index is 1130. The number of nitrogens with zero attached hydrogens (tertiary/aromatic N) is 1. The highest BCUT2D eigenvalue weighted by Crippen LogP contribution is 2.34. The molecule has 5 nitrogen and oxygen atoms in total. The highest BCUT2D eigenvalue weighted by Gasteiger charge is 2.17. The van der Waals surface area contributed by atoms with E-state index in [1.165, 1.54) is 18.2 Å². The molecule has 0 radical (unpaired) electrons. The van der Waals surface area contributed by atoms with Gasteiger partial charge in [0.25, 0.3) is 0 Å². The first-order valence-electron chi connectivity index (χ1n) is 7.47. The molecule has 1 N–H and O–H groups in total. The third-order valence-electron chi connectivity index (χ3n) is 3.98. The number of hydrogen-bond acceptors (Lipinski definition) is 4. The number of pyridine rings is 1. The number of methoxy groups -OCH3 is 1. The van der Waals surface area contributed by atoms with E-state index in [9.17, 15) is 14.3 Å². The number of fused-ring (bicyclic) bond motifs is 2. The second kappa shape index (κ2) is 5.59. The molecular weight excluding hydrogens is 325 g/mol. The SMILES string of the molecule is COc1cccc2cc(-c3cc(C(=O)O)c4cc(F)ccc4n3)oc12. The molecule has 0 fully saturated rings. The second-order valence-electron chi connectivity index (χ2n) is 5.51. The molecule has 0 aliphatic carbocycles. The predicted molar refractivity (Wildman–Crippen MR) is 90.4 cm³/mol. The lowest BCUT2D eigenvalue weighted by molar-refractivity contribution is 0.0699. The van der Waals surface area contributed by atoms with E-state index in [1.807, 2.05) is 12.1 Å². The summed E-state index contributed by atoms with van der Waals surface area (Å²) in [7, 11) is 1.54. The van der Waals surface area contributed by atoms with Gasteiger partial charge >= 0.3 is 5.97 Å². The Morgan fingerprint density at radius 2 is 2.04 bits per heavy atom. The molecule has 0 aliphatic rings. The van der Waals surface area contributed by atoms with Crippen LogP contribution >= 0.6 is 0 Å². The van der Waals surface area contributed by atoms with E-state index in [1.54, 1.807) is 19.2 Å². The molecule has 25 heavy (non-hydrogen) atoms. The molecule has 4 rings (SSSR count). The zero-order valence-electron chi connectivity index (χ0n) is 13.1. The molecule has 2 aromatic carbocycles. The van der Waals surface area contributed by atoms with Crippen molar-refractivity contribution in [3.63, 3.8) is 0 Å². The maximum Gasteiger partial charge on any atom is 0.336 e. The molecule has 124 valence electrons. The number of aromatic nitrogens is 1. The summed E-state index contributed by atoms with van der Waals surface area (Å²) in [5.74, 6) is -0.691. The van der Waals surface area contributed by atoms with Crippen molar-refractivity contribution in [3.8, 4) is 17.2 Å². The summed E-state index contributed by atoms with van der Waals surface area (Å²) in [6, 6.07) is 12.5. The van der Waals surface area contributed by atoms with Crippen LogP contribution in [0.2, 0.25) is 0 Å². The molecule has 0 aliphatic heterocycles. The fraction of sp³-hybridized carbons (Fsp3) is 0.0526. The molecule has 0 amide bonds. The van der Waals surface area contributed by atoms with Gasteiger partial charge in [0.2, 0.25) is 0 Å². The lowest BCUT2D eigenvalue weighted by Crippen LogP contribution is -2.00. The highest BCUT2D eigenvalue weighted by atomic mass is 19.1. The molecule has 6 heteroatoms. The summed E-state index contributed by atoms with van der Waals surface area (Å²) < 4.78 is 24.6. The number of hydrogen-bond donors (Lipinski definition) is 1. The topological polar surface area (TPSA) is 72.6 Å². The molecule has 0 saturated carbocycles. The number of halogens is 1. The molecule has 0 saturated heterocycles. The number of carboxylic acids is 1. The van der Waals surface area contributed by atoms with Crippen molar-refractivity contribution in [2.45, 2.75) is 0 Å². The summed E-state index contributed by atoms with van der Waals surface area (Å²) in [4.78, 5) is 16.0. The summed E-state index contributed by atoms with van der Waals surface area (Å²) in [5, 5.41) is 10.5. The molecule has 0 unspecified atom stereocenters. The average molecular weight is 337 g/mol. The van der Waals surface area contributed by atoms with Gasteiger partial charge in [-0.1, -0.05) is 12.1 Å². The van der Waals surface area contributed by atoms with Crippen LogP contribution in [0, 0.1) is 5.82 Å². The lowest BCUT2D eigenvalue weighted by atomic mass is 10.1. The van der Waals surface area contributed by atoms with Crippen LogP contribution in [0.4, 0.5) is 4.39 Å². The number of carbonyl (C=O) groups is 1. The maximum absolute atomic E-state index is 13.5. The van der Waals surface area contributed by atoms with Crippen LogP contribution in [-0.4, -0.2) is 23.2 Å². The number of aromatic carboxylic acids is 1. The molecule has 2 aromatic heterocycles. The second-order valence-corrected chi connectivity index (χ2v) is 5.51. The highest BCUT2D eigenvalue weighted by molar-refractivity contribution is 6.03. The summed E-state index contributed by atoms with van der Waals surface area (Å²) in [6.45, 7) is 0. The van der Waals surface area contributed by atoms with Crippen LogP contribution in [0.25, 0.3) is 33.3 Å². The van der Waals surface area contributed by atoms with Crippen molar-refractivity contribution in [2.24, 2.45) is 0 Å². The van der Waals surface area contributed by atoms with Crippen LogP contribution in [0.15, 0.2) is 52.9 Å². The quantitative estimate of drug-likeness (QED) is 0.596. The number of rotatable bonds is 3. The smallest absolute Gasteiger partial charge is 0.336 e. The number of ether oxygens (including phenoxy) is 1. The first kappa shape index (κ1) is 15.1. The van der Waals surface area contributed by atoms with E-state index in [0.717, 1.165) is 11.5 Å². The van der Waals surface area contributed by atoms with Crippen LogP contribution in [0.1, 0.15) is 10.4 Å². The number of benzene rings is 2. The van der Waals surface area contributed by atoms with E-state index in [0.29, 0.717) is 28.3 Å². The molecule has 0 spiro atoms. The first-order chi connectivity index (χ1) is 12.1. The van der Waals surface area contributed by atoms with Gasteiger partial charge in [-0.2, -0.15) is 0 Å². The monoisotopic (exact) mass is 337 g/mol. The van der Waals surface area contributed by atoms with Gasteiger partial charge in [-0.3, -0.25) is 0 Å². The minimum absolute atomic E-state index is 0.0353. The van der Waals surface area contributed by atoms with Crippen molar-refractivity contribution < 1.29 is 23.4 Å². The minimum atomic E-state index is -1.16. The summed E-state index contributed by atoms with van der Waals surface area (Å²) in [6.07, 6.45) is 0. The fourth-order valence-electron chi connectivity index (χ4n) is 2.82. The van der Waals surface area contributed by atoms with E-state index >= 15 is 0 Å². The van der Waals surface area contributed by atoms with Gasteiger partial charge in [0.05, 0.1) is 18.2 Å². The average Bonchev–Trinajstić information content (AvgIpc) is 3.04. The van der Waals surface area contributed by atoms with Gasteiger partial charge in [-0.25, -0.2) is 14.2 Å².